The van der Waals surface area contributed by atoms with Crippen LogP contribution in [0.5, 0.6) is 0 Å². The van der Waals surface area contributed by atoms with Crippen LogP contribution in [-0.2, 0) is 14.3 Å². The molecule has 1 aliphatic heterocycles. The lowest BCUT2D eigenvalue weighted by Crippen LogP contribution is -2.35. The minimum atomic E-state index is -0.713. The van der Waals surface area contributed by atoms with Crippen molar-refractivity contribution in [3.8, 4) is 0 Å². The van der Waals surface area contributed by atoms with E-state index in [0.717, 1.165) is 6.42 Å². The topological polar surface area (TPSA) is 133 Å². The minimum Gasteiger partial charge on any atom is -0.390 e. The maximum Gasteiger partial charge on any atom is 0.279 e. The van der Waals surface area contributed by atoms with Gasteiger partial charge in [0.15, 0.2) is 0 Å². The predicted molar refractivity (Wildman–Crippen MR) is 126 cm³/mol. The quantitative estimate of drug-likeness (QED) is 0.254. The van der Waals surface area contributed by atoms with E-state index < -0.39 is 24.2 Å². The van der Waals surface area contributed by atoms with Crippen LogP contribution < -0.4 is 10.6 Å². The summed E-state index contributed by atoms with van der Waals surface area (Å²) in [5.41, 5.74) is 2.52. The number of ether oxygens (including phenoxy) is 1. The van der Waals surface area contributed by atoms with Crippen molar-refractivity contribution in [2.45, 2.75) is 27.2 Å². The number of fused-ring (bicyclic) bond motifs is 1. The highest BCUT2D eigenvalue weighted by Gasteiger charge is 2.26. The standard InChI is InChI=1S/C24H27FN4O5/c1-4-8-34-9-7-26-23(32)20(12-30)29-24(33)21-13(2)19(27-14(21)3)11-17-16-10-15(25)5-6-18(16)28-22(17)31/h5-6,10-11,27,30H,4,7-9,12H2,1-3H3,(H,26,32)(H,28,31)/b17-11-,29-20?. The summed E-state index contributed by atoms with van der Waals surface area (Å²) in [6, 6.07) is 4.01. The van der Waals surface area contributed by atoms with Crippen LogP contribution >= 0.6 is 0 Å². The molecule has 180 valence electrons. The number of hydrogen-bond donors (Lipinski definition) is 4. The molecular formula is C24H27FN4O5. The van der Waals surface area contributed by atoms with Crippen LogP contribution in [0.25, 0.3) is 11.6 Å². The Hall–Kier alpha value is -3.63. The van der Waals surface area contributed by atoms with Crippen molar-refractivity contribution >= 4 is 40.8 Å². The fourth-order valence-corrected chi connectivity index (χ4v) is 3.61. The maximum atomic E-state index is 13.7. The molecule has 0 saturated carbocycles. The first-order chi connectivity index (χ1) is 16.3. The molecule has 3 amide bonds. The molecule has 0 spiro atoms. The molecule has 0 radical (unpaired) electrons. The van der Waals surface area contributed by atoms with E-state index in [1.165, 1.54) is 18.2 Å². The van der Waals surface area contributed by atoms with E-state index in [2.05, 4.69) is 20.6 Å². The number of aromatic nitrogens is 1. The molecule has 34 heavy (non-hydrogen) atoms. The summed E-state index contributed by atoms with van der Waals surface area (Å²) < 4.78 is 19.0. The van der Waals surface area contributed by atoms with E-state index in [1.807, 2.05) is 6.92 Å². The molecule has 0 aliphatic carbocycles. The number of aryl methyl sites for hydroxylation is 1. The van der Waals surface area contributed by atoms with E-state index in [9.17, 15) is 23.9 Å². The van der Waals surface area contributed by atoms with Gasteiger partial charge in [0.05, 0.1) is 24.4 Å². The summed E-state index contributed by atoms with van der Waals surface area (Å²) in [6.07, 6.45) is 2.40. The number of anilines is 1. The first-order valence-electron chi connectivity index (χ1n) is 10.9. The Morgan fingerprint density at radius 3 is 2.74 bits per heavy atom. The molecule has 9 nitrogen and oxygen atoms in total. The SMILES string of the molecule is CCCOCCNC(=O)C(CO)=NC(=O)c1c(C)[nH]c(/C=C2\C(=O)Nc3ccc(F)cc32)c1C. The fourth-order valence-electron chi connectivity index (χ4n) is 3.61. The van der Waals surface area contributed by atoms with Crippen molar-refractivity contribution in [3.05, 3.63) is 52.1 Å². The highest BCUT2D eigenvalue weighted by atomic mass is 19.1. The Morgan fingerprint density at radius 1 is 1.26 bits per heavy atom. The zero-order chi connectivity index (χ0) is 24.8. The van der Waals surface area contributed by atoms with Crippen molar-refractivity contribution in [2.75, 3.05) is 31.7 Å². The Morgan fingerprint density at radius 2 is 2.03 bits per heavy atom. The van der Waals surface area contributed by atoms with Crippen LogP contribution in [0.1, 0.15) is 46.2 Å². The average Bonchev–Trinajstić information content (AvgIpc) is 3.26. The van der Waals surface area contributed by atoms with Gasteiger partial charge in [-0.15, -0.1) is 0 Å². The van der Waals surface area contributed by atoms with Gasteiger partial charge >= 0.3 is 0 Å². The lowest BCUT2D eigenvalue weighted by atomic mass is 10.0. The monoisotopic (exact) mass is 470 g/mol. The van der Waals surface area contributed by atoms with Crippen LogP contribution in [0.2, 0.25) is 0 Å². The highest BCUT2D eigenvalue weighted by Crippen LogP contribution is 2.34. The fraction of sp³-hybridized carbons (Fsp3) is 0.333. The number of nitrogens with zero attached hydrogens (tertiary/aromatic N) is 1. The third-order valence-corrected chi connectivity index (χ3v) is 5.27. The number of aliphatic imine (C=N–C) groups is 1. The molecule has 2 heterocycles. The Balaban J connectivity index is 1.83. The molecule has 3 rings (SSSR count). The van der Waals surface area contributed by atoms with Crippen molar-refractivity contribution in [3.63, 3.8) is 0 Å². The van der Waals surface area contributed by atoms with Gasteiger partial charge in [0, 0.05) is 35.8 Å². The second-order valence-electron chi connectivity index (χ2n) is 7.76. The van der Waals surface area contributed by atoms with Crippen molar-refractivity contribution in [1.29, 1.82) is 0 Å². The maximum absolute atomic E-state index is 13.7. The van der Waals surface area contributed by atoms with Crippen LogP contribution in [0.3, 0.4) is 0 Å². The second-order valence-corrected chi connectivity index (χ2v) is 7.76. The van der Waals surface area contributed by atoms with Crippen molar-refractivity contribution < 1.29 is 28.6 Å². The molecule has 1 aromatic carbocycles. The average molecular weight is 471 g/mol. The van der Waals surface area contributed by atoms with E-state index in [4.69, 9.17) is 4.74 Å². The smallest absolute Gasteiger partial charge is 0.279 e. The number of benzene rings is 1. The lowest BCUT2D eigenvalue weighted by Gasteiger charge is -2.07. The summed E-state index contributed by atoms with van der Waals surface area (Å²) in [7, 11) is 0. The Bertz CT molecular complexity index is 1180. The van der Waals surface area contributed by atoms with Gasteiger partial charge in [0.25, 0.3) is 17.7 Å². The third kappa shape index (κ3) is 5.46. The zero-order valence-electron chi connectivity index (χ0n) is 19.3. The van der Waals surface area contributed by atoms with Gasteiger partial charge in [-0.3, -0.25) is 14.4 Å². The number of aliphatic hydroxyl groups is 1. The Kier molecular flexibility index (Phi) is 8.08. The highest BCUT2D eigenvalue weighted by molar-refractivity contribution is 6.41. The van der Waals surface area contributed by atoms with E-state index in [0.29, 0.717) is 41.4 Å². The molecule has 0 fully saturated rings. The largest absolute Gasteiger partial charge is 0.390 e. The predicted octanol–water partition coefficient (Wildman–Crippen LogP) is 2.38. The molecule has 0 unspecified atom stereocenters. The van der Waals surface area contributed by atoms with Gasteiger partial charge < -0.3 is 25.5 Å². The molecule has 1 aromatic heterocycles. The number of nitrogens with one attached hydrogen (secondary N) is 3. The molecule has 10 heteroatoms. The molecule has 0 bridgehead atoms. The van der Waals surface area contributed by atoms with Crippen LogP contribution in [0, 0.1) is 19.7 Å². The first-order valence-corrected chi connectivity index (χ1v) is 10.9. The second kappa shape index (κ2) is 11.0. The summed E-state index contributed by atoms with van der Waals surface area (Å²) in [6.45, 7) is 5.68. The zero-order valence-corrected chi connectivity index (χ0v) is 19.3. The molecule has 1 aliphatic rings. The number of halogens is 1. The third-order valence-electron chi connectivity index (χ3n) is 5.27. The lowest BCUT2D eigenvalue weighted by molar-refractivity contribution is -0.115. The molecular weight excluding hydrogens is 443 g/mol. The summed E-state index contributed by atoms with van der Waals surface area (Å²) in [5, 5.41) is 14.8. The minimum absolute atomic E-state index is 0.217. The van der Waals surface area contributed by atoms with E-state index in [1.54, 1.807) is 19.9 Å². The van der Waals surface area contributed by atoms with Gasteiger partial charge in [0.1, 0.15) is 11.5 Å². The molecule has 0 saturated heterocycles. The number of aliphatic hydroxyl groups excluding tert-OH is 1. The van der Waals surface area contributed by atoms with Gasteiger partial charge in [-0.05, 0) is 50.1 Å². The number of aromatic amines is 1. The van der Waals surface area contributed by atoms with Crippen LogP contribution in [-0.4, -0.2) is 59.9 Å². The Labute approximate surface area is 196 Å². The number of carbonyl (C=O) groups is 3. The van der Waals surface area contributed by atoms with E-state index >= 15 is 0 Å². The van der Waals surface area contributed by atoms with Gasteiger partial charge in [-0.2, -0.15) is 0 Å². The summed E-state index contributed by atoms with van der Waals surface area (Å²) >= 11 is 0. The van der Waals surface area contributed by atoms with Crippen LogP contribution in [0.4, 0.5) is 10.1 Å². The normalized spacial score (nSPS) is 14.3. The van der Waals surface area contributed by atoms with Gasteiger partial charge in [-0.1, -0.05) is 6.92 Å². The van der Waals surface area contributed by atoms with E-state index in [-0.39, 0.29) is 29.3 Å². The number of rotatable bonds is 9. The molecule has 0 atom stereocenters. The number of hydrogen-bond acceptors (Lipinski definition) is 5. The summed E-state index contributed by atoms with van der Waals surface area (Å²) in [4.78, 5) is 44.4. The molecule has 4 N–H and O–H groups in total. The number of H-pyrrole nitrogens is 1. The van der Waals surface area contributed by atoms with Gasteiger partial charge in [0.2, 0.25) is 0 Å². The van der Waals surface area contributed by atoms with Crippen molar-refractivity contribution in [1.82, 2.24) is 10.3 Å². The van der Waals surface area contributed by atoms with Crippen molar-refractivity contribution in [2.24, 2.45) is 4.99 Å². The summed E-state index contributed by atoms with van der Waals surface area (Å²) in [5.74, 6) is -2.23. The first kappa shape index (κ1) is 25.0. The number of amides is 3. The molecule has 2 aromatic rings. The van der Waals surface area contributed by atoms with Gasteiger partial charge in [-0.25, -0.2) is 9.38 Å². The van der Waals surface area contributed by atoms with Crippen LogP contribution in [0.15, 0.2) is 23.2 Å². The number of carbonyl (C=O) groups excluding carboxylic acids is 3.